The van der Waals surface area contributed by atoms with Crippen LogP contribution < -0.4 is 15.2 Å². The summed E-state index contributed by atoms with van der Waals surface area (Å²) in [5, 5.41) is 4.61. The first-order valence-electron chi connectivity index (χ1n) is 8.41. The van der Waals surface area contributed by atoms with Gasteiger partial charge in [-0.1, -0.05) is 0 Å². The lowest BCUT2D eigenvalue weighted by molar-refractivity contribution is 0.608. The van der Waals surface area contributed by atoms with Crippen molar-refractivity contribution in [3.63, 3.8) is 0 Å². The zero-order valence-corrected chi connectivity index (χ0v) is 13.7. The Kier molecular flexibility index (Phi) is 3.52. The van der Waals surface area contributed by atoms with Crippen molar-refractivity contribution in [2.24, 2.45) is 0 Å². The van der Waals surface area contributed by atoms with Crippen molar-refractivity contribution < 1.29 is 4.42 Å². The first-order valence-corrected chi connectivity index (χ1v) is 8.41. The van der Waals surface area contributed by atoms with Gasteiger partial charge in [-0.05, 0) is 31.5 Å². The van der Waals surface area contributed by atoms with Crippen LogP contribution in [-0.2, 0) is 0 Å². The zero-order valence-electron chi connectivity index (χ0n) is 13.7. The van der Waals surface area contributed by atoms with Gasteiger partial charge in [0, 0.05) is 37.2 Å². The van der Waals surface area contributed by atoms with Gasteiger partial charge >= 0.3 is 0 Å². The summed E-state index contributed by atoms with van der Waals surface area (Å²) >= 11 is 0. The molecule has 4 heteroatoms. The summed E-state index contributed by atoms with van der Waals surface area (Å²) in [7, 11) is 0. The van der Waals surface area contributed by atoms with Crippen LogP contribution in [0.15, 0.2) is 34.7 Å². The van der Waals surface area contributed by atoms with Crippen molar-refractivity contribution in [3.8, 4) is 11.5 Å². The maximum Gasteiger partial charge on any atom is 0.203 e. The second-order valence-corrected chi connectivity index (χ2v) is 6.23. The number of nitrogens with one attached hydrogen (secondary N) is 1. The fraction of sp³-hybridized carbons (Fsp3) is 0.368. The fourth-order valence-electron chi connectivity index (χ4n) is 3.32. The standard InChI is InChI=1S/C19H21N3O/c1-3-20-16-12-19-17(10-13(16)2)21-15-7-6-14(11-18(15)23-19)22-8-4-5-9-22/h6-7,10-12H,3-5,8-9H2,1-2H3/p+1. The summed E-state index contributed by atoms with van der Waals surface area (Å²) in [5.74, 6) is 0.855. The van der Waals surface area contributed by atoms with Gasteiger partial charge in [-0.15, -0.1) is 0 Å². The molecule has 0 atom stereocenters. The van der Waals surface area contributed by atoms with Crippen LogP contribution in [-0.4, -0.2) is 24.6 Å². The zero-order chi connectivity index (χ0) is 15.8. The molecule has 2 aliphatic heterocycles. The van der Waals surface area contributed by atoms with E-state index in [4.69, 9.17) is 9.40 Å². The van der Waals surface area contributed by atoms with Gasteiger partial charge in [0.05, 0.1) is 6.07 Å². The molecule has 0 amide bonds. The topological polar surface area (TPSA) is 41.1 Å². The van der Waals surface area contributed by atoms with Gasteiger partial charge < -0.3 is 9.73 Å². The third-order valence-corrected chi connectivity index (χ3v) is 4.55. The molecule has 0 radical (unpaired) electrons. The number of benzene rings is 2. The number of hydrogen-bond acceptors (Lipinski definition) is 3. The summed E-state index contributed by atoms with van der Waals surface area (Å²) in [5.41, 5.74) is 4.95. The van der Waals surface area contributed by atoms with Crippen LogP contribution in [0.1, 0.15) is 25.3 Å². The predicted octanol–water partition coefficient (Wildman–Crippen LogP) is 3.24. The van der Waals surface area contributed by atoms with Gasteiger partial charge in [0.1, 0.15) is 24.3 Å². The van der Waals surface area contributed by atoms with E-state index in [1.54, 1.807) is 0 Å². The highest BCUT2D eigenvalue weighted by molar-refractivity contribution is 5.81. The first kappa shape index (κ1) is 14.2. The molecule has 0 unspecified atom stereocenters. The number of aromatic nitrogens is 1. The minimum absolute atomic E-state index is 0.831. The summed E-state index contributed by atoms with van der Waals surface area (Å²) in [4.78, 5) is 4.77. The van der Waals surface area contributed by atoms with Gasteiger partial charge in [-0.3, -0.25) is 0 Å². The number of fused-ring (bicyclic) bond motifs is 2. The summed E-state index contributed by atoms with van der Waals surface area (Å²) < 4.78 is 8.57. The molecule has 4 nitrogen and oxygen atoms in total. The molecule has 1 aromatic carbocycles. The van der Waals surface area contributed by atoms with Crippen molar-refractivity contribution in [3.05, 3.63) is 41.3 Å². The van der Waals surface area contributed by atoms with Crippen molar-refractivity contribution in [2.75, 3.05) is 25.0 Å². The highest BCUT2D eigenvalue weighted by Crippen LogP contribution is 2.27. The molecule has 118 valence electrons. The molecule has 3 aliphatic rings. The van der Waals surface area contributed by atoms with Gasteiger partial charge in [-0.25, -0.2) is 9.56 Å². The number of aryl methyl sites for hydroxylation is 1. The van der Waals surface area contributed by atoms with Crippen LogP contribution in [0.3, 0.4) is 0 Å². The van der Waals surface area contributed by atoms with Crippen LogP contribution >= 0.6 is 0 Å². The number of nitrogens with zero attached hydrogens (tertiary/aromatic N) is 2. The molecule has 1 saturated heterocycles. The van der Waals surface area contributed by atoms with E-state index in [9.17, 15) is 0 Å². The highest BCUT2D eigenvalue weighted by atomic mass is 16.3. The van der Waals surface area contributed by atoms with E-state index in [0.29, 0.717) is 0 Å². The number of hydrogen-bond donors (Lipinski definition) is 1. The van der Waals surface area contributed by atoms with Gasteiger partial charge in [0.15, 0.2) is 11.3 Å². The molecule has 4 rings (SSSR count). The van der Waals surface area contributed by atoms with Crippen molar-refractivity contribution in [1.82, 2.24) is 9.56 Å². The molecule has 0 saturated carbocycles. The van der Waals surface area contributed by atoms with Crippen molar-refractivity contribution in [2.45, 2.75) is 26.7 Å². The maximum absolute atomic E-state index is 6.16. The molecule has 1 aliphatic carbocycles. The van der Waals surface area contributed by atoms with Crippen LogP contribution in [0.4, 0.5) is 5.69 Å². The number of rotatable bonds is 2. The maximum atomic E-state index is 6.16. The highest BCUT2D eigenvalue weighted by Gasteiger charge is 2.16. The Morgan fingerprint density at radius 3 is 2.78 bits per heavy atom. The third-order valence-electron chi connectivity index (χ3n) is 4.55. The molecule has 0 aromatic heterocycles. The smallest absolute Gasteiger partial charge is 0.203 e. The Hall–Kier alpha value is -2.36. The summed E-state index contributed by atoms with van der Waals surface area (Å²) in [6, 6.07) is 10.5. The predicted molar refractivity (Wildman–Crippen MR) is 93.8 cm³/mol. The third kappa shape index (κ3) is 2.58. The normalized spacial score (nSPS) is 14.8. The molecular weight excluding hydrogens is 286 g/mol. The average Bonchev–Trinajstić information content (AvgIpc) is 3.08. The lowest BCUT2D eigenvalue weighted by Gasteiger charge is -2.10. The molecule has 2 heterocycles. The Bertz CT molecular complexity index is 902. The quantitative estimate of drug-likeness (QED) is 0.584. The van der Waals surface area contributed by atoms with E-state index >= 15 is 0 Å². The Morgan fingerprint density at radius 2 is 2.00 bits per heavy atom. The van der Waals surface area contributed by atoms with Crippen LogP contribution in [0.5, 0.6) is 0 Å². The first-order chi connectivity index (χ1) is 11.2. The van der Waals surface area contributed by atoms with E-state index in [1.807, 2.05) is 0 Å². The van der Waals surface area contributed by atoms with Gasteiger partial charge in [-0.2, -0.15) is 0 Å². The minimum atomic E-state index is 0.831. The monoisotopic (exact) mass is 308 g/mol. The fourth-order valence-corrected chi connectivity index (χ4v) is 3.32. The van der Waals surface area contributed by atoms with E-state index in [1.165, 1.54) is 23.8 Å². The Balaban J connectivity index is 1.92. The summed E-state index contributed by atoms with van der Waals surface area (Å²) in [6.07, 6.45) is 2.55. The largest absolute Gasteiger partial charge is 0.452 e. The molecular formula is C19H22N3O+. The van der Waals surface area contributed by atoms with Crippen LogP contribution in [0.25, 0.3) is 22.6 Å². The second-order valence-electron chi connectivity index (χ2n) is 6.23. The molecule has 1 fully saturated rings. The van der Waals surface area contributed by atoms with E-state index in [0.717, 1.165) is 47.9 Å². The summed E-state index contributed by atoms with van der Waals surface area (Å²) in [6.45, 7) is 7.36. The van der Waals surface area contributed by atoms with Gasteiger partial charge in [0.2, 0.25) is 5.36 Å². The lowest BCUT2D eigenvalue weighted by atomic mass is 10.1. The SMILES string of the molecule is CCNc1cc2oc3cc(=[N+]4CCCC4)ccc-3nc2cc1C. The van der Waals surface area contributed by atoms with E-state index < -0.39 is 0 Å². The molecule has 1 aromatic rings. The second kappa shape index (κ2) is 5.69. The molecule has 0 bridgehead atoms. The van der Waals surface area contributed by atoms with E-state index in [2.05, 4.69) is 54.1 Å². The van der Waals surface area contributed by atoms with Crippen molar-refractivity contribution >= 4 is 16.8 Å². The minimum Gasteiger partial charge on any atom is -0.452 e. The van der Waals surface area contributed by atoms with E-state index in [-0.39, 0.29) is 0 Å². The van der Waals surface area contributed by atoms with Gasteiger partial charge in [0.25, 0.3) is 0 Å². The Morgan fingerprint density at radius 1 is 1.17 bits per heavy atom. The number of anilines is 1. The van der Waals surface area contributed by atoms with Crippen LogP contribution in [0, 0.1) is 6.92 Å². The molecule has 0 spiro atoms. The Labute approximate surface area is 135 Å². The average molecular weight is 308 g/mol. The van der Waals surface area contributed by atoms with Crippen LogP contribution in [0.2, 0.25) is 0 Å². The van der Waals surface area contributed by atoms with Crippen molar-refractivity contribution in [1.29, 1.82) is 0 Å². The molecule has 1 N–H and O–H groups in total. The molecule has 23 heavy (non-hydrogen) atoms. The lowest BCUT2D eigenvalue weighted by Crippen LogP contribution is -2.26.